The number of phenolic OH excluding ortho intramolecular Hbond substituents is 1. The molecule has 0 atom stereocenters. The molecule has 0 amide bonds. The molecule has 0 aliphatic heterocycles. The standard InChI is InChI=1S/C18H15NO3S/c1-2-22-18(21)16-13-8-4-6-10-15(13)23-17(16)19-11-12-7-3-5-9-14(12)20/h3-11,20H,2H2,1H3. The van der Waals surface area contributed by atoms with E-state index >= 15 is 0 Å². The molecule has 0 bridgehead atoms. The topological polar surface area (TPSA) is 58.9 Å². The Kier molecular flexibility index (Phi) is 4.39. The molecule has 0 saturated heterocycles. The molecule has 1 N–H and O–H groups in total. The van der Waals surface area contributed by atoms with Crippen LogP contribution >= 0.6 is 11.3 Å². The van der Waals surface area contributed by atoms with Crippen LogP contribution in [0.15, 0.2) is 53.5 Å². The zero-order valence-electron chi connectivity index (χ0n) is 12.5. The van der Waals surface area contributed by atoms with Gasteiger partial charge in [0.2, 0.25) is 0 Å². The van der Waals surface area contributed by atoms with Crippen LogP contribution in [0.1, 0.15) is 22.8 Å². The smallest absolute Gasteiger partial charge is 0.341 e. The van der Waals surface area contributed by atoms with Gasteiger partial charge in [-0.05, 0) is 25.1 Å². The lowest BCUT2D eigenvalue weighted by Gasteiger charge is -2.02. The number of nitrogens with zero attached hydrogens (tertiary/aromatic N) is 1. The number of esters is 1. The highest BCUT2D eigenvalue weighted by molar-refractivity contribution is 7.23. The van der Waals surface area contributed by atoms with Gasteiger partial charge in [-0.2, -0.15) is 0 Å². The molecule has 3 aromatic rings. The molecule has 116 valence electrons. The zero-order chi connectivity index (χ0) is 16.2. The summed E-state index contributed by atoms with van der Waals surface area (Å²) >= 11 is 1.42. The maximum atomic E-state index is 12.3. The van der Waals surface area contributed by atoms with Crippen molar-refractivity contribution in [1.82, 2.24) is 0 Å². The average Bonchev–Trinajstić information content (AvgIpc) is 2.92. The van der Waals surface area contributed by atoms with Crippen molar-refractivity contribution < 1.29 is 14.6 Å². The molecule has 4 nitrogen and oxygen atoms in total. The molecule has 23 heavy (non-hydrogen) atoms. The molecule has 0 spiro atoms. The molecule has 0 radical (unpaired) electrons. The number of phenols is 1. The predicted octanol–water partition coefficient (Wildman–Crippen LogP) is 4.53. The van der Waals surface area contributed by atoms with Crippen LogP contribution in [0.4, 0.5) is 5.00 Å². The summed E-state index contributed by atoms with van der Waals surface area (Å²) in [7, 11) is 0. The number of carbonyl (C=O) groups is 1. The van der Waals surface area contributed by atoms with Crippen molar-refractivity contribution in [3.63, 3.8) is 0 Å². The summed E-state index contributed by atoms with van der Waals surface area (Å²) in [6.07, 6.45) is 1.56. The molecule has 1 aromatic heterocycles. The van der Waals surface area contributed by atoms with Crippen LogP contribution in [0.5, 0.6) is 5.75 Å². The third-order valence-corrected chi connectivity index (χ3v) is 4.39. The summed E-state index contributed by atoms with van der Waals surface area (Å²) in [6, 6.07) is 14.6. The van der Waals surface area contributed by atoms with E-state index in [1.54, 1.807) is 31.3 Å². The highest BCUT2D eigenvalue weighted by Gasteiger charge is 2.19. The summed E-state index contributed by atoms with van der Waals surface area (Å²) in [5, 5.41) is 11.2. The van der Waals surface area contributed by atoms with Crippen molar-refractivity contribution in [3.05, 3.63) is 59.7 Å². The first-order valence-electron chi connectivity index (χ1n) is 7.21. The van der Waals surface area contributed by atoms with Crippen molar-refractivity contribution in [3.8, 4) is 5.75 Å². The SMILES string of the molecule is CCOC(=O)c1c(N=Cc2ccccc2O)sc2ccccc12. The Morgan fingerprint density at radius 3 is 2.74 bits per heavy atom. The minimum Gasteiger partial charge on any atom is -0.507 e. The first kappa shape index (κ1) is 15.2. The third kappa shape index (κ3) is 3.10. The molecule has 3 rings (SSSR count). The Labute approximate surface area is 137 Å². The van der Waals surface area contributed by atoms with E-state index in [0.717, 1.165) is 10.1 Å². The zero-order valence-corrected chi connectivity index (χ0v) is 13.3. The summed E-state index contributed by atoms with van der Waals surface area (Å²) in [6.45, 7) is 2.09. The largest absolute Gasteiger partial charge is 0.507 e. The van der Waals surface area contributed by atoms with Gasteiger partial charge in [0.25, 0.3) is 0 Å². The molecule has 0 unspecified atom stereocenters. The summed E-state index contributed by atoms with van der Waals surface area (Å²) in [5.74, 6) is -0.232. The minimum atomic E-state index is -0.380. The summed E-state index contributed by atoms with van der Waals surface area (Å²) < 4.78 is 6.13. The van der Waals surface area contributed by atoms with Crippen molar-refractivity contribution >= 4 is 38.6 Å². The van der Waals surface area contributed by atoms with Gasteiger partial charge in [-0.1, -0.05) is 30.3 Å². The Bertz CT molecular complexity index is 883. The normalized spacial score (nSPS) is 11.2. The van der Waals surface area contributed by atoms with Gasteiger partial charge in [0, 0.05) is 21.9 Å². The molecule has 1 heterocycles. The van der Waals surface area contributed by atoms with Crippen LogP contribution in [-0.4, -0.2) is 23.9 Å². The maximum absolute atomic E-state index is 12.3. The quantitative estimate of drug-likeness (QED) is 0.566. The van der Waals surface area contributed by atoms with Gasteiger partial charge >= 0.3 is 5.97 Å². The minimum absolute atomic E-state index is 0.148. The van der Waals surface area contributed by atoms with E-state index in [2.05, 4.69) is 4.99 Å². The second-order valence-corrected chi connectivity index (χ2v) is 5.85. The molecule has 0 aliphatic carbocycles. The van der Waals surface area contributed by atoms with Gasteiger partial charge in [-0.15, -0.1) is 11.3 Å². The van der Waals surface area contributed by atoms with Gasteiger partial charge in [0.15, 0.2) is 0 Å². The van der Waals surface area contributed by atoms with E-state index in [1.165, 1.54) is 11.3 Å². The van der Waals surface area contributed by atoms with E-state index in [1.807, 2.05) is 30.3 Å². The number of aromatic hydroxyl groups is 1. The number of aliphatic imine (C=N–C) groups is 1. The number of thiophene rings is 1. The third-order valence-electron chi connectivity index (χ3n) is 3.31. The number of carbonyl (C=O) groups excluding carboxylic acids is 1. The Balaban J connectivity index is 2.08. The summed E-state index contributed by atoms with van der Waals surface area (Å²) in [5.41, 5.74) is 1.07. The van der Waals surface area contributed by atoms with Crippen LogP contribution in [0.2, 0.25) is 0 Å². The van der Waals surface area contributed by atoms with Gasteiger partial charge in [-0.3, -0.25) is 0 Å². The maximum Gasteiger partial charge on any atom is 0.341 e. The lowest BCUT2D eigenvalue weighted by Crippen LogP contribution is -2.03. The number of rotatable bonds is 4. The highest BCUT2D eigenvalue weighted by atomic mass is 32.1. The van der Waals surface area contributed by atoms with Crippen LogP contribution < -0.4 is 0 Å². The monoisotopic (exact) mass is 325 g/mol. The van der Waals surface area contributed by atoms with Gasteiger partial charge < -0.3 is 9.84 Å². The van der Waals surface area contributed by atoms with E-state index in [9.17, 15) is 9.90 Å². The first-order chi connectivity index (χ1) is 11.2. The van der Waals surface area contributed by atoms with Gasteiger partial charge in [0.05, 0.1) is 6.61 Å². The average molecular weight is 325 g/mol. The van der Waals surface area contributed by atoms with Crippen molar-refractivity contribution in [2.75, 3.05) is 6.61 Å². The Hall–Kier alpha value is -2.66. The van der Waals surface area contributed by atoms with Crippen LogP contribution in [0.3, 0.4) is 0 Å². The van der Waals surface area contributed by atoms with Crippen LogP contribution in [0.25, 0.3) is 10.1 Å². The van der Waals surface area contributed by atoms with Crippen LogP contribution in [0, 0.1) is 0 Å². The molecule has 0 aliphatic rings. The number of ether oxygens (including phenoxy) is 1. The number of hydrogen-bond donors (Lipinski definition) is 1. The molecular weight excluding hydrogens is 310 g/mol. The number of hydrogen-bond acceptors (Lipinski definition) is 5. The molecule has 0 fully saturated rings. The van der Waals surface area contributed by atoms with Crippen molar-refractivity contribution in [1.29, 1.82) is 0 Å². The fraction of sp³-hybridized carbons (Fsp3) is 0.111. The molecule has 2 aromatic carbocycles. The molecular formula is C18H15NO3S. The van der Waals surface area contributed by atoms with Crippen LogP contribution in [-0.2, 0) is 4.74 Å². The van der Waals surface area contributed by atoms with E-state index in [-0.39, 0.29) is 11.7 Å². The molecule has 0 saturated carbocycles. The fourth-order valence-corrected chi connectivity index (χ4v) is 3.28. The van der Waals surface area contributed by atoms with Gasteiger partial charge in [-0.25, -0.2) is 9.79 Å². The van der Waals surface area contributed by atoms with Crippen molar-refractivity contribution in [2.24, 2.45) is 4.99 Å². The van der Waals surface area contributed by atoms with Crippen molar-refractivity contribution in [2.45, 2.75) is 6.92 Å². The second-order valence-electron chi connectivity index (χ2n) is 4.82. The molecule has 5 heteroatoms. The lowest BCUT2D eigenvalue weighted by molar-refractivity contribution is 0.0530. The number of para-hydroxylation sites is 1. The Morgan fingerprint density at radius 1 is 1.22 bits per heavy atom. The van der Waals surface area contributed by atoms with E-state index in [4.69, 9.17) is 4.74 Å². The lowest BCUT2D eigenvalue weighted by atomic mass is 10.1. The van der Waals surface area contributed by atoms with E-state index < -0.39 is 0 Å². The number of fused-ring (bicyclic) bond motifs is 1. The Morgan fingerprint density at radius 2 is 1.96 bits per heavy atom. The fourth-order valence-electron chi connectivity index (χ4n) is 2.25. The highest BCUT2D eigenvalue weighted by Crippen LogP contribution is 2.38. The summed E-state index contributed by atoms with van der Waals surface area (Å²) in [4.78, 5) is 16.7. The predicted molar refractivity (Wildman–Crippen MR) is 93.1 cm³/mol. The second kappa shape index (κ2) is 6.62. The van der Waals surface area contributed by atoms with Gasteiger partial charge in [0.1, 0.15) is 16.3 Å². The van der Waals surface area contributed by atoms with E-state index in [0.29, 0.717) is 22.7 Å². The first-order valence-corrected chi connectivity index (χ1v) is 8.03. The number of benzene rings is 2.